The Kier molecular flexibility index (Phi) is 3.65. The van der Waals surface area contributed by atoms with E-state index >= 15 is 0 Å². The van der Waals surface area contributed by atoms with Crippen LogP contribution >= 0.6 is 0 Å². The van der Waals surface area contributed by atoms with Gasteiger partial charge < -0.3 is 14.6 Å². The Bertz CT molecular complexity index is 466. The number of aliphatic hydroxyl groups is 1. The van der Waals surface area contributed by atoms with E-state index in [1.54, 1.807) is 12.1 Å². The van der Waals surface area contributed by atoms with Crippen LogP contribution in [0.2, 0.25) is 0 Å². The fourth-order valence-corrected chi connectivity index (χ4v) is 3.37. The third-order valence-electron chi connectivity index (χ3n) is 4.07. The normalized spacial score (nSPS) is 32.6. The molecular weight excluding hydrogens is 266 g/mol. The van der Waals surface area contributed by atoms with Gasteiger partial charge in [0.05, 0.1) is 17.8 Å². The Morgan fingerprint density at radius 3 is 2.65 bits per heavy atom. The number of rotatable bonds is 4. The van der Waals surface area contributed by atoms with Gasteiger partial charge in [0.15, 0.2) is 0 Å². The first-order chi connectivity index (χ1) is 9.52. The lowest BCUT2D eigenvalue weighted by atomic mass is 9.84. The third-order valence-corrected chi connectivity index (χ3v) is 4.07. The quantitative estimate of drug-likeness (QED) is 0.924. The molecule has 0 spiro atoms. The lowest BCUT2D eigenvalue weighted by molar-refractivity contribution is -0.110. The van der Waals surface area contributed by atoms with Crippen molar-refractivity contribution in [2.24, 2.45) is 0 Å². The molecule has 1 aromatic carbocycles. The SMILES string of the molecule is OC1(Cc2cccc(OC(F)F)c2)CC2CCC(C1)O2. The molecule has 0 radical (unpaired) electrons. The van der Waals surface area contributed by atoms with Crippen LogP contribution in [0.4, 0.5) is 8.78 Å². The van der Waals surface area contributed by atoms with E-state index in [4.69, 9.17) is 4.74 Å². The van der Waals surface area contributed by atoms with Gasteiger partial charge in [0.1, 0.15) is 5.75 Å². The number of halogens is 2. The lowest BCUT2D eigenvalue weighted by Gasteiger charge is -2.36. The summed E-state index contributed by atoms with van der Waals surface area (Å²) in [6.07, 6.45) is 3.96. The van der Waals surface area contributed by atoms with Gasteiger partial charge in [-0.1, -0.05) is 12.1 Å². The van der Waals surface area contributed by atoms with Crippen molar-refractivity contribution >= 4 is 0 Å². The van der Waals surface area contributed by atoms with Crippen molar-refractivity contribution < 1.29 is 23.4 Å². The summed E-state index contributed by atoms with van der Waals surface area (Å²) >= 11 is 0. The van der Waals surface area contributed by atoms with E-state index in [0.29, 0.717) is 19.3 Å². The van der Waals surface area contributed by atoms with E-state index < -0.39 is 12.2 Å². The summed E-state index contributed by atoms with van der Waals surface area (Å²) in [5, 5.41) is 10.7. The van der Waals surface area contributed by atoms with Crippen molar-refractivity contribution in [1.29, 1.82) is 0 Å². The largest absolute Gasteiger partial charge is 0.435 e. The smallest absolute Gasteiger partial charge is 0.387 e. The summed E-state index contributed by atoms with van der Waals surface area (Å²) in [7, 11) is 0. The number of benzene rings is 1. The van der Waals surface area contributed by atoms with Crippen LogP contribution in [-0.2, 0) is 11.2 Å². The zero-order valence-corrected chi connectivity index (χ0v) is 11.1. The Labute approximate surface area is 116 Å². The predicted octanol–water partition coefficient (Wildman–Crippen LogP) is 2.90. The van der Waals surface area contributed by atoms with Crippen LogP contribution in [0.15, 0.2) is 24.3 Å². The molecule has 110 valence electrons. The number of alkyl halides is 2. The standard InChI is InChI=1S/C15H18F2O3/c16-14(17)20-11-3-1-2-10(6-11)7-15(18)8-12-4-5-13(9-15)19-12/h1-3,6,12-14,18H,4-5,7-9H2. The van der Waals surface area contributed by atoms with Crippen LogP contribution in [0.3, 0.4) is 0 Å². The third kappa shape index (κ3) is 3.10. The second-order valence-electron chi connectivity index (χ2n) is 5.79. The van der Waals surface area contributed by atoms with E-state index in [2.05, 4.69) is 4.74 Å². The minimum absolute atomic E-state index is 0.135. The predicted molar refractivity (Wildman–Crippen MR) is 68.9 cm³/mol. The van der Waals surface area contributed by atoms with E-state index in [1.165, 1.54) is 6.07 Å². The van der Waals surface area contributed by atoms with Crippen LogP contribution in [0, 0.1) is 0 Å². The van der Waals surface area contributed by atoms with Crippen LogP contribution in [0.5, 0.6) is 5.75 Å². The Morgan fingerprint density at radius 1 is 1.30 bits per heavy atom. The topological polar surface area (TPSA) is 38.7 Å². The van der Waals surface area contributed by atoms with E-state index in [-0.39, 0.29) is 18.0 Å². The molecule has 2 saturated heterocycles. The molecule has 0 amide bonds. The Hall–Kier alpha value is -1.20. The molecule has 0 aromatic heterocycles. The van der Waals surface area contributed by atoms with Gasteiger partial charge >= 0.3 is 6.61 Å². The molecule has 2 atom stereocenters. The second-order valence-corrected chi connectivity index (χ2v) is 5.79. The summed E-state index contributed by atoms with van der Waals surface area (Å²) in [5.74, 6) is 0.135. The maximum absolute atomic E-state index is 12.2. The fourth-order valence-electron chi connectivity index (χ4n) is 3.37. The number of ether oxygens (including phenoxy) is 2. The molecule has 2 bridgehead atoms. The van der Waals surface area contributed by atoms with Crippen molar-refractivity contribution in [2.45, 2.75) is 56.5 Å². The lowest BCUT2D eigenvalue weighted by Crippen LogP contribution is -2.42. The number of hydrogen-bond donors (Lipinski definition) is 1. The fraction of sp³-hybridized carbons (Fsp3) is 0.600. The molecule has 1 aromatic rings. The summed E-state index contributed by atoms with van der Waals surface area (Å²) in [6.45, 7) is -2.83. The maximum atomic E-state index is 12.2. The molecule has 5 heteroatoms. The Morgan fingerprint density at radius 2 is 2.00 bits per heavy atom. The molecule has 2 aliphatic rings. The van der Waals surface area contributed by atoms with Crippen molar-refractivity contribution in [3.8, 4) is 5.75 Å². The molecule has 2 unspecified atom stereocenters. The monoisotopic (exact) mass is 284 g/mol. The first-order valence-corrected chi connectivity index (χ1v) is 6.94. The highest BCUT2D eigenvalue weighted by molar-refractivity contribution is 5.29. The second kappa shape index (κ2) is 5.30. The number of hydrogen-bond acceptors (Lipinski definition) is 3. The minimum atomic E-state index is -2.83. The van der Waals surface area contributed by atoms with Crippen LogP contribution in [0.25, 0.3) is 0 Å². The molecule has 3 rings (SSSR count). The molecule has 2 aliphatic heterocycles. The zero-order chi connectivity index (χ0) is 14.2. The van der Waals surface area contributed by atoms with Gasteiger partial charge in [-0.05, 0) is 30.5 Å². The molecule has 1 N–H and O–H groups in total. The van der Waals surface area contributed by atoms with Crippen molar-refractivity contribution in [3.05, 3.63) is 29.8 Å². The van der Waals surface area contributed by atoms with Crippen molar-refractivity contribution in [1.82, 2.24) is 0 Å². The summed E-state index contributed by atoms with van der Waals surface area (Å²) in [6, 6.07) is 6.56. The van der Waals surface area contributed by atoms with Gasteiger partial charge in [0.2, 0.25) is 0 Å². The van der Waals surface area contributed by atoms with Gasteiger partial charge in [-0.3, -0.25) is 0 Å². The minimum Gasteiger partial charge on any atom is -0.435 e. The molecular formula is C15H18F2O3. The molecule has 0 aliphatic carbocycles. The summed E-state index contributed by atoms with van der Waals surface area (Å²) in [4.78, 5) is 0. The average molecular weight is 284 g/mol. The Balaban J connectivity index is 1.70. The summed E-state index contributed by atoms with van der Waals surface area (Å²) < 4.78 is 34.5. The van der Waals surface area contributed by atoms with Crippen LogP contribution in [-0.4, -0.2) is 29.5 Å². The van der Waals surface area contributed by atoms with Crippen LogP contribution in [0.1, 0.15) is 31.2 Å². The first kappa shape index (κ1) is 13.8. The molecule has 20 heavy (non-hydrogen) atoms. The summed E-state index contributed by atoms with van der Waals surface area (Å²) in [5.41, 5.74) is 0.0139. The van der Waals surface area contributed by atoms with Gasteiger partial charge in [0.25, 0.3) is 0 Å². The highest BCUT2D eigenvalue weighted by atomic mass is 19.3. The average Bonchev–Trinajstić information content (AvgIpc) is 2.68. The van der Waals surface area contributed by atoms with Gasteiger partial charge in [-0.2, -0.15) is 8.78 Å². The van der Waals surface area contributed by atoms with Crippen molar-refractivity contribution in [2.75, 3.05) is 0 Å². The highest BCUT2D eigenvalue weighted by Gasteiger charge is 2.43. The van der Waals surface area contributed by atoms with Gasteiger partial charge in [0, 0.05) is 19.3 Å². The van der Waals surface area contributed by atoms with E-state index in [0.717, 1.165) is 18.4 Å². The maximum Gasteiger partial charge on any atom is 0.387 e. The van der Waals surface area contributed by atoms with Crippen molar-refractivity contribution in [3.63, 3.8) is 0 Å². The number of fused-ring (bicyclic) bond motifs is 2. The van der Waals surface area contributed by atoms with Gasteiger partial charge in [-0.25, -0.2) is 0 Å². The first-order valence-electron chi connectivity index (χ1n) is 6.94. The van der Waals surface area contributed by atoms with Crippen LogP contribution < -0.4 is 4.74 Å². The molecule has 2 fully saturated rings. The molecule has 2 heterocycles. The zero-order valence-electron chi connectivity index (χ0n) is 11.1. The van der Waals surface area contributed by atoms with E-state index in [9.17, 15) is 13.9 Å². The highest BCUT2D eigenvalue weighted by Crippen LogP contribution is 2.40. The molecule has 0 saturated carbocycles. The van der Waals surface area contributed by atoms with E-state index in [1.807, 2.05) is 6.07 Å². The van der Waals surface area contributed by atoms with Gasteiger partial charge in [-0.15, -0.1) is 0 Å². The molecule has 3 nitrogen and oxygen atoms in total.